The second-order valence-electron chi connectivity index (χ2n) is 3.60. The molecule has 0 spiro atoms. The summed E-state index contributed by atoms with van der Waals surface area (Å²) in [7, 11) is 0. The molecule has 0 radical (unpaired) electrons. The van der Waals surface area contributed by atoms with E-state index in [1.54, 1.807) is 6.07 Å². The van der Waals surface area contributed by atoms with Gasteiger partial charge in [0.25, 0.3) is 11.8 Å². The largest absolute Gasteiger partial charge is 0.272 e. The molecule has 1 aromatic rings. The number of carbonyl (C=O) groups is 2. The van der Waals surface area contributed by atoms with E-state index in [1.165, 1.54) is 18.5 Å². The van der Waals surface area contributed by atoms with Gasteiger partial charge in [-0.15, -0.1) is 0 Å². The molecule has 2 heterocycles. The first-order valence-corrected chi connectivity index (χ1v) is 5.29. The van der Waals surface area contributed by atoms with Crippen LogP contribution in [0.5, 0.6) is 0 Å². The maximum absolute atomic E-state index is 13.0. The van der Waals surface area contributed by atoms with E-state index in [-0.39, 0.29) is 6.54 Å². The van der Waals surface area contributed by atoms with Crippen molar-refractivity contribution in [3.05, 3.63) is 42.5 Å². The minimum absolute atomic E-state index is 0.256. The van der Waals surface area contributed by atoms with Crippen molar-refractivity contribution in [2.24, 2.45) is 0 Å². The van der Waals surface area contributed by atoms with Crippen molar-refractivity contribution in [3.63, 3.8) is 0 Å². The van der Waals surface area contributed by atoms with Gasteiger partial charge in [-0.05, 0) is 18.2 Å². The molecule has 1 aromatic heterocycles. The molecule has 5 nitrogen and oxygen atoms in total. The van der Waals surface area contributed by atoms with Gasteiger partial charge in [0.05, 0.1) is 6.54 Å². The summed E-state index contributed by atoms with van der Waals surface area (Å²) < 4.78 is 13.0. The van der Waals surface area contributed by atoms with Gasteiger partial charge in [0.1, 0.15) is 6.17 Å². The molecule has 1 atom stereocenters. The molecule has 0 bridgehead atoms. The predicted molar refractivity (Wildman–Crippen MR) is 61.8 cm³/mol. The molecular weight excluding hydrogens is 237 g/mol. The molecule has 0 aromatic carbocycles. The number of hydrogen-bond donors (Lipinski definition) is 0. The number of carbonyl (C=O) groups excluding carboxylic acids is 2. The summed E-state index contributed by atoms with van der Waals surface area (Å²) in [6, 6.07) is 1.64. The van der Waals surface area contributed by atoms with Gasteiger partial charge < -0.3 is 0 Å². The Labute approximate surface area is 103 Å². The Morgan fingerprint density at radius 3 is 2.89 bits per heavy atom. The van der Waals surface area contributed by atoms with Gasteiger partial charge in [0, 0.05) is 24.5 Å². The van der Waals surface area contributed by atoms with Gasteiger partial charge in [-0.25, -0.2) is 14.4 Å². The standard InChI is InChI=1S/C12H10FN3O2/c13-9-2-4-11(17)16(8-9)12(18)5-3-10-14-6-1-7-15-10/h1-7,9H,8H2. The average molecular weight is 247 g/mol. The van der Waals surface area contributed by atoms with Crippen LogP contribution in [0.15, 0.2) is 36.7 Å². The zero-order valence-corrected chi connectivity index (χ0v) is 9.36. The lowest BCUT2D eigenvalue weighted by Gasteiger charge is -2.21. The summed E-state index contributed by atoms with van der Waals surface area (Å²) in [5.41, 5.74) is 0. The molecule has 2 rings (SSSR count). The first-order valence-electron chi connectivity index (χ1n) is 5.29. The van der Waals surface area contributed by atoms with Crippen LogP contribution < -0.4 is 0 Å². The zero-order valence-electron chi connectivity index (χ0n) is 9.36. The summed E-state index contributed by atoms with van der Waals surface area (Å²) in [5.74, 6) is -0.755. The van der Waals surface area contributed by atoms with Crippen LogP contribution in [-0.4, -0.2) is 39.4 Å². The first kappa shape index (κ1) is 12.1. The molecule has 0 saturated carbocycles. The lowest BCUT2D eigenvalue weighted by Crippen LogP contribution is -2.41. The lowest BCUT2D eigenvalue weighted by atomic mass is 10.2. The normalized spacial score (nSPS) is 19.5. The Bertz CT molecular complexity index is 513. The quantitative estimate of drug-likeness (QED) is 0.723. The lowest BCUT2D eigenvalue weighted by molar-refractivity contribution is -0.140. The van der Waals surface area contributed by atoms with Crippen LogP contribution in [0.3, 0.4) is 0 Å². The smallest absolute Gasteiger partial charge is 0.253 e. The van der Waals surface area contributed by atoms with Crippen molar-refractivity contribution < 1.29 is 14.0 Å². The van der Waals surface area contributed by atoms with Crippen molar-refractivity contribution in [1.82, 2.24) is 14.9 Å². The van der Waals surface area contributed by atoms with Crippen LogP contribution in [0, 0.1) is 0 Å². The fourth-order valence-corrected chi connectivity index (χ4v) is 1.43. The van der Waals surface area contributed by atoms with Crippen LogP contribution in [0.2, 0.25) is 0 Å². The van der Waals surface area contributed by atoms with Crippen molar-refractivity contribution in [3.8, 4) is 0 Å². The third-order valence-electron chi connectivity index (χ3n) is 2.30. The van der Waals surface area contributed by atoms with Crippen molar-refractivity contribution >= 4 is 17.9 Å². The fourth-order valence-electron chi connectivity index (χ4n) is 1.43. The zero-order chi connectivity index (χ0) is 13.0. The highest BCUT2D eigenvalue weighted by Crippen LogP contribution is 2.08. The molecule has 1 aliphatic rings. The minimum Gasteiger partial charge on any atom is -0.272 e. The third-order valence-corrected chi connectivity index (χ3v) is 2.30. The SMILES string of the molecule is O=C(C=Cc1ncccn1)N1CC(F)C=CC1=O. The van der Waals surface area contributed by atoms with Gasteiger partial charge in [0.15, 0.2) is 5.82 Å². The van der Waals surface area contributed by atoms with Gasteiger partial charge in [-0.1, -0.05) is 0 Å². The van der Waals surface area contributed by atoms with Gasteiger partial charge >= 0.3 is 0 Å². The Balaban J connectivity index is 2.06. The van der Waals surface area contributed by atoms with Crippen LogP contribution >= 0.6 is 0 Å². The van der Waals surface area contributed by atoms with Crippen molar-refractivity contribution in [2.45, 2.75) is 6.17 Å². The summed E-state index contributed by atoms with van der Waals surface area (Å²) in [5, 5.41) is 0. The second-order valence-corrected chi connectivity index (χ2v) is 3.60. The first-order chi connectivity index (χ1) is 8.66. The maximum Gasteiger partial charge on any atom is 0.253 e. The number of aromatic nitrogens is 2. The highest BCUT2D eigenvalue weighted by atomic mass is 19.1. The van der Waals surface area contributed by atoms with Crippen LogP contribution in [-0.2, 0) is 9.59 Å². The van der Waals surface area contributed by atoms with E-state index >= 15 is 0 Å². The number of hydrogen-bond acceptors (Lipinski definition) is 4. The van der Waals surface area contributed by atoms with Crippen LogP contribution in [0.4, 0.5) is 4.39 Å². The van der Waals surface area contributed by atoms with E-state index in [4.69, 9.17) is 0 Å². The molecule has 18 heavy (non-hydrogen) atoms. The minimum atomic E-state index is -1.31. The Morgan fingerprint density at radius 2 is 2.17 bits per heavy atom. The van der Waals surface area contributed by atoms with Gasteiger partial charge in [-0.3, -0.25) is 14.5 Å². The summed E-state index contributed by atoms with van der Waals surface area (Å²) in [6.07, 6.45) is 6.47. The molecule has 2 amide bonds. The number of nitrogens with zero attached hydrogens (tertiary/aromatic N) is 3. The molecular formula is C12H10FN3O2. The predicted octanol–water partition coefficient (Wildman–Crippen LogP) is 0.753. The van der Waals surface area contributed by atoms with Crippen molar-refractivity contribution in [1.29, 1.82) is 0 Å². The monoisotopic (exact) mass is 247 g/mol. The second kappa shape index (κ2) is 5.31. The third kappa shape index (κ3) is 2.85. The number of rotatable bonds is 2. The van der Waals surface area contributed by atoms with Gasteiger partial charge in [0.2, 0.25) is 0 Å². The molecule has 0 saturated heterocycles. The van der Waals surface area contributed by atoms with Crippen LogP contribution in [0.25, 0.3) is 6.08 Å². The highest BCUT2D eigenvalue weighted by molar-refractivity contribution is 6.06. The van der Waals surface area contributed by atoms with Crippen molar-refractivity contribution in [2.75, 3.05) is 6.54 Å². The summed E-state index contributed by atoms with van der Waals surface area (Å²) in [6.45, 7) is -0.256. The van der Waals surface area contributed by atoms with E-state index < -0.39 is 18.0 Å². The Kier molecular flexibility index (Phi) is 3.57. The number of imide groups is 1. The summed E-state index contributed by atoms with van der Waals surface area (Å²) in [4.78, 5) is 31.7. The molecule has 0 aliphatic carbocycles. The average Bonchev–Trinajstić information content (AvgIpc) is 2.40. The number of alkyl halides is 1. The van der Waals surface area contributed by atoms with Gasteiger partial charge in [-0.2, -0.15) is 0 Å². The molecule has 1 unspecified atom stereocenters. The highest BCUT2D eigenvalue weighted by Gasteiger charge is 2.24. The number of halogens is 1. The molecule has 6 heteroatoms. The van der Waals surface area contributed by atoms with Crippen LogP contribution in [0.1, 0.15) is 5.82 Å². The van der Waals surface area contributed by atoms with E-state index in [1.807, 2.05) is 0 Å². The Morgan fingerprint density at radius 1 is 1.44 bits per heavy atom. The molecule has 1 aliphatic heterocycles. The van der Waals surface area contributed by atoms with E-state index in [0.717, 1.165) is 23.1 Å². The molecule has 92 valence electrons. The summed E-state index contributed by atoms with van der Waals surface area (Å²) >= 11 is 0. The molecule has 0 fully saturated rings. The van der Waals surface area contributed by atoms with E-state index in [0.29, 0.717) is 5.82 Å². The van der Waals surface area contributed by atoms with E-state index in [9.17, 15) is 14.0 Å². The maximum atomic E-state index is 13.0. The van der Waals surface area contributed by atoms with E-state index in [2.05, 4.69) is 9.97 Å². The molecule has 0 N–H and O–H groups in total. The Hall–Kier alpha value is -2.37. The fraction of sp³-hybridized carbons (Fsp3) is 0.167. The topological polar surface area (TPSA) is 63.2 Å². The number of amides is 2.